The molecule has 0 spiro atoms. The molecule has 140 valence electrons. The van der Waals surface area contributed by atoms with Gasteiger partial charge in [0.2, 0.25) is 0 Å². The second kappa shape index (κ2) is 9.93. The minimum Gasteiger partial charge on any atom is -0.340 e. The zero-order valence-corrected chi connectivity index (χ0v) is 17.2. The molecule has 0 saturated carbocycles. The quantitative estimate of drug-likeness (QED) is 0.312. The number of thiol groups is 1. The van der Waals surface area contributed by atoms with Crippen LogP contribution in [0.5, 0.6) is 0 Å². The van der Waals surface area contributed by atoms with Crippen LogP contribution in [0.25, 0.3) is 0 Å². The lowest BCUT2D eigenvalue weighted by Gasteiger charge is -2.15. The first-order valence-electron chi connectivity index (χ1n) is 9.03. The zero-order valence-electron chi connectivity index (χ0n) is 15.6. The molecule has 4 nitrogen and oxygen atoms in total. The van der Waals surface area contributed by atoms with Crippen molar-refractivity contribution in [3.05, 3.63) is 46.4 Å². The Morgan fingerprint density at radius 2 is 2.00 bits per heavy atom. The molecule has 0 amide bonds. The van der Waals surface area contributed by atoms with Gasteiger partial charge in [-0.2, -0.15) is 0 Å². The maximum atomic E-state index is 12.0. The van der Waals surface area contributed by atoms with Gasteiger partial charge in [0.15, 0.2) is 5.12 Å². The predicted molar refractivity (Wildman–Crippen MR) is 112 cm³/mol. The van der Waals surface area contributed by atoms with Crippen molar-refractivity contribution in [1.82, 2.24) is 9.97 Å². The summed E-state index contributed by atoms with van der Waals surface area (Å²) < 4.78 is 0. The lowest BCUT2D eigenvalue weighted by atomic mass is 10.0. The van der Waals surface area contributed by atoms with E-state index in [1.54, 1.807) is 6.07 Å². The van der Waals surface area contributed by atoms with Crippen LogP contribution >= 0.6 is 24.2 Å². The van der Waals surface area contributed by atoms with Gasteiger partial charge in [-0.15, -0.1) is 12.6 Å². The predicted octanol–water partition coefficient (Wildman–Crippen LogP) is 6.00. The van der Waals surface area contributed by atoms with E-state index in [-0.39, 0.29) is 5.12 Å². The summed E-state index contributed by atoms with van der Waals surface area (Å²) in [6.45, 7) is 6.27. The fraction of sp³-hybridized carbons (Fsp3) is 0.450. The molecule has 26 heavy (non-hydrogen) atoms. The summed E-state index contributed by atoms with van der Waals surface area (Å²) in [4.78, 5) is 20.8. The number of carbonyl (C=O) groups excluding carboxylic acids is 1. The molecule has 0 aliphatic rings. The van der Waals surface area contributed by atoms with E-state index in [1.165, 1.54) is 5.56 Å². The van der Waals surface area contributed by atoms with Crippen molar-refractivity contribution in [1.29, 1.82) is 0 Å². The molecule has 0 aliphatic heterocycles. The van der Waals surface area contributed by atoms with Crippen molar-refractivity contribution < 1.29 is 4.79 Å². The van der Waals surface area contributed by atoms with Crippen molar-refractivity contribution in [3.63, 3.8) is 0 Å². The molecule has 0 bridgehead atoms. The van der Waals surface area contributed by atoms with Gasteiger partial charge in [-0.3, -0.25) is 4.79 Å². The normalized spacial score (nSPS) is 12.0. The third kappa shape index (κ3) is 5.71. The van der Waals surface area contributed by atoms with Crippen LogP contribution in [0.15, 0.2) is 24.3 Å². The highest BCUT2D eigenvalue weighted by atomic mass is 35.5. The molecule has 0 saturated heterocycles. The molecule has 1 aromatic heterocycles. The minimum atomic E-state index is -0.437. The Kier molecular flexibility index (Phi) is 7.91. The SMILES string of the molecule is CCCCCCC(C(=O)S)c1nc(Cl)cc(Nc2cccc(C)c2C)n1. The molecule has 0 fully saturated rings. The lowest BCUT2D eigenvalue weighted by molar-refractivity contribution is -0.112. The van der Waals surface area contributed by atoms with Crippen LogP contribution in [0.4, 0.5) is 11.5 Å². The summed E-state index contributed by atoms with van der Waals surface area (Å²) in [6.07, 6.45) is 5.02. The Morgan fingerprint density at radius 3 is 2.69 bits per heavy atom. The fourth-order valence-corrected chi connectivity index (χ4v) is 3.25. The smallest absolute Gasteiger partial charge is 0.196 e. The Bertz CT molecular complexity index is 767. The van der Waals surface area contributed by atoms with Crippen molar-refractivity contribution >= 4 is 40.9 Å². The number of nitrogens with one attached hydrogen (secondary N) is 1. The standard InChI is InChI=1S/C20H26ClN3OS/c1-4-5-6-7-10-15(20(25)26)19-23-17(21)12-18(24-19)22-16-11-8-9-13(2)14(16)3/h8-9,11-12,15H,4-7,10H2,1-3H3,(H,25,26)(H,22,23,24). The molecule has 6 heteroatoms. The lowest BCUT2D eigenvalue weighted by Crippen LogP contribution is -2.12. The summed E-state index contributed by atoms with van der Waals surface area (Å²) in [5, 5.41) is 3.39. The van der Waals surface area contributed by atoms with Crippen LogP contribution < -0.4 is 5.32 Å². The number of halogens is 1. The Hall–Kier alpha value is -1.59. The fourth-order valence-electron chi connectivity index (χ4n) is 2.82. The summed E-state index contributed by atoms with van der Waals surface area (Å²) in [5.74, 6) is 0.580. The molecular weight excluding hydrogens is 366 g/mol. The van der Waals surface area contributed by atoms with E-state index in [0.717, 1.165) is 36.9 Å². The third-order valence-electron chi connectivity index (χ3n) is 4.54. The van der Waals surface area contributed by atoms with Crippen LogP contribution in [0.2, 0.25) is 5.15 Å². The van der Waals surface area contributed by atoms with Gasteiger partial charge in [0.05, 0.1) is 5.92 Å². The van der Waals surface area contributed by atoms with E-state index < -0.39 is 5.92 Å². The molecule has 1 aromatic carbocycles. The second-order valence-electron chi connectivity index (χ2n) is 6.55. The first-order valence-corrected chi connectivity index (χ1v) is 9.85. The van der Waals surface area contributed by atoms with E-state index in [1.807, 2.05) is 12.1 Å². The van der Waals surface area contributed by atoms with E-state index in [2.05, 4.69) is 54.8 Å². The van der Waals surface area contributed by atoms with Gasteiger partial charge in [0.1, 0.15) is 16.8 Å². The average Bonchev–Trinajstić information content (AvgIpc) is 2.58. The maximum absolute atomic E-state index is 12.0. The first kappa shape index (κ1) is 20.7. The third-order valence-corrected chi connectivity index (χ3v) is 5.04. The van der Waals surface area contributed by atoms with Crippen molar-refractivity contribution in [2.45, 2.75) is 58.8 Å². The molecule has 1 atom stereocenters. The summed E-state index contributed by atoms with van der Waals surface area (Å²) in [5.41, 5.74) is 3.29. The van der Waals surface area contributed by atoms with Gasteiger partial charge in [-0.25, -0.2) is 9.97 Å². The largest absolute Gasteiger partial charge is 0.340 e. The van der Waals surface area contributed by atoms with E-state index >= 15 is 0 Å². The average molecular weight is 392 g/mol. The van der Waals surface area contributed by atoms with Crippen LogP contribution in [0, 0.1) is 13.8 Å². The highest BCUT2D eigenvalue weighted by Crippen LogP contribution is 2.27. The zero-order chi connectivity index (χ0) is 19.1. The second-order valence-corrected chi connectivity index (χ2v) is 7.37. The van der Waals surface area contributed by atoms with Crippen LogP contribution in [-0.4, -0.2) is 15.1 Å². The van der Waals surface area contributed by atoms with Crippen LogP contribution in [-0.2, 0) is 4.79 Å². The molecule has 1 unspecified atom stereocenters. The molecule has 0 aliphatic carbocycles. The van der Waals surface area contributed by atoms with Gasteiger partial charge in [0, 0.05) is 11.8 Å². The van der Waals surface area contributed by atoms with E-state index in [4.69, 9.17) is 11.6 Å². The molecular formula is C20H26ClN3OS. The molecule has 2 rings (SSSR count). The Labute approximate surface area is 166 Å². The van der Waals surface area contributed by atoms with Gasteiger partial charge < -0.3 is 5.32 Å². The molecule has 1 heterocycles. The number of benzene rings is 1. The number of anilines is 2. The number of hydrogen-bond donors (Lipinski definition) is 2. The first-order chi connectivity index (χ1) is 12.4. The van der Waals surface area contributed by atoms with Gasteiger partial charge in [0.25, 0.3) is 0 Å². The van der Waals surface area contributed by atoms with Crippen molar-refractivity contribution in [2.24, 2.45) is 0 Å². The molecule has 0 radical (unpaired) electrons. The van der Waals surface area contributed by atoms with Crippen LogP contribution in [0.3, 0.4) is 0 Å². The molecule has 1 N–H and O–H groups in total. The van der Waals surface area contributed by atoms with Gasteiger partial charge >= 0.3 is 0 Å². The summed E-state index contributed by atoms with van der Waals surface area (Å²) in [6, 6.07) is 7.71. The topological polar surface area (TPSA) is 54.9 Å². The van der Waals surface area contributed by atoms with Gasteiger partial charge in [-0.05, 0) is 37.5 Å². The summed E-state index contributed by atoms with van der Waals surface area (Å²) >= 11 is 10.2. The van der Waals surface area contributed by atoms with Crippen molar-refractivity contribution in [3.8, 4) is 0 Å². The molecule has 2 aromatic rings. The number of aromatic nitrogens is 2. The number of hydrogen-bond acceptors (Lipinski definition) is 4. The summed E-state index contributed by atoms with van der Waals surface area (Å²) in [7, 11) is 0. The van der Waals surface area contributed by atoms with E-state index in [0.29, 0.717) is 23.2 Å². The Balaban J connectivity index is 2.24. The van der Waals surface area contributed by atoms with Gasteiger partial charge in [-0.1, -0.05) is 56.3 Å². The monoisotopic (exact) mass is 391 g/mol. The number of nitrogens with zero attached hydrogens (tertiary/aromatic N) is 2. The maximum Gasteiger partial charge on any atom is 0.196 e. The Morgan fingerprint density at radius 1 is 1.23 bits per heavy atom. The number of carbonyl (C=O) groups is 1. The minimum absolute atomic E-state index is 0.221. The van der Waals surface area contributed by atoms with E-state index in [9.17, 15) is 4.79 Å². The number of aryl methyl sites for hydroxylation is 1. The highest BCUT2D eigenvalue weighted by molar-refractivity contribution is 7.96. The number of rotatable bonds is 9. The van der Waals surface area contributed by atoms with Crippen LogP contribution in [0.1, 0.15) is 61.9 Å². The highest BCUT2D eigenvalue weighted by Gasteiger charge is 2.22. The van der Waals surface area contributed by atoms with Crippen molar-refractivity contribution in [2.75, 3.05) is 5.32 Å². The number of unbranched alkanes of at least 4 members (excludes halogenated alkanes) is 3.